The molecule has 0 aliphatic heterocycles. The summed E-state index contributed by atoms with van der Waals surface area (Å²) < 4.78 is 13.4. The Hall–Kier alpha value is -0.890. The Kier molecular flexibility index (Phi) is 4.35. The average Bonchev–Trinajstić information content (AvgIpc) is 2.48. The van der Waals surface area contributed by atoms with Gasteiger partial charge in [-0.05, 0) is 54.9 Å². The molecule has 0 amide bonds. The van der Waals surface area contributed by atoms with E-state index < -0.39 is 5.60 Å². The van der Waals surface area contributed by atoms with Crippen molar-refractivity contribution < 1.29 is 9.50 Å². The van der Waals surface area contributed by atoms with Gasteiger partial charge >= 0.3 is 0 Å². The number of aryl methyl sites for hydroxylation is 1. The first-order chi connectivity index (χ1) is 10.1. The van der Waals surface area contributed by atoms with Gasteiger partial charge in [-0.25, -0.2) is 4.39 Å². The maximum absolute atomic E-state index is 13.4. The minimum atomic E-state index is -0.738. The van der Waals surface area contributed by atoms with Gasteiger partial charge < -0.3 is 5.11 Å². The summed E-state index contributed by atoms with van der Waals surface area (Å²) in [5.41, 5.74) is 1.14. The van der Waals surface area contributed by atoms with E-state index in [0.29, 0.717) is 11.8 Å². The van der Waals surface area contributed by atoms with Crippen LogP contribution in [0.15, 0.2) is 18.2 Å². The lowest BCUT2D eigenvalue weighted by Crippen LogP contribution is -2.43. The Morgan fingerprint density at radius 2 is 1.76 bits per heavy atom. The Balaban J connectivity index is 1.94. The van der Waals surface area contributed by atoms with Crippen LogP contribution in [0.4, 0.5) is 4.39 Å². The van der Waals surface area contributed by atoms with E-state index >= 15 is 0 Å². The molecule has 0 aromatic heterocycles. The van der Waals surface area contributed by atoms with Crippen molar-refractivity contribution in [2.45, 2.75) is 70.3 Å². The summed E-state index contributed by atoms with van der Waals surface area (Å²) >= 11 is 0. The van der Waals surface area contributed by atoms with Crippen molar-refractivity contribution in [3.63, 3.8) is 0 Å². The predicted octanol–water partition coefficient (Wildman–Crippen LogP) is 5.09. The molecule has 2 atom stereocenters. The van der Waals surface area contributed by atoms with Crippen LogP contribution in [-0.2, 0) is 5.60 Å². The van der Waals surface area contributed by atoms with Gasteiger partial charge in [-0.2, -0.15) is 0 Å². The van der Waals surface area contributed by atoms with E-state index in [1.165, 1.54) is 44.6 Å². The first-order valence-corrected chi connectivity index (χ1v) is 8.60. The van der Waals surface area contributed by atoms with E-state index in [-0.39, 0.29) is 5.82 Å². The van der Waals surface area contributed by atoms with Crippen LogP contribution < -0.4 is 0 Å². The van der Waals surface area contributed by atoms with Crippen molar-refractivity contribution in [3.05, 3.63) is 35.1 Å². The highest BCUT2D eigenvalue weighted by atomic mass is 19.1. The standard InChI is InChI=1S/C19H27FO/c1-14-13-16(20)10-11-17(14)19(21)12-6-5-9-18(19)15-7-3-2-4-8-15/h10-11,13,15,18,21H,2-9,12H2,1H3. The maximum atomic E-state index is 13.4. The third-order valence-electron chi connectivity index (χ3n) is 5.81. The van der Waals surface area contributed by atoms with Crippen LogP contribution in [0.5, 0.6) is 0 Å². The first kappa shape index (κ1) is 15.0. The molecular formula is C19H27FO. The summed E-state index contributed by atoms with van der Waals surface area (Å²) in [6.07, 6.45) is 10.7. The Bertz CT molecular complexity index is 492. The minimum absolute atomic E-state index is 0.204. The van der Waals surface area contributed by atoms with Crippen molar-refractivity contribution in [1.29, 1.82) is 0 Å². The molecule has 0 bridgehead atoms. The second-order valence-electron chi connectivity index (χ2n) is 7.13. The second-order valence-corrected chi connectivity index (χ2v) is 7.13. The number of aliphatic hydroxyl groups is 1. The molecule has 2 aliphatic rings. The first-order valence-electron chi connectivity index (χ1n) is 8.60. The van der Waals surface area contributed by atoms with Crippen LogP contribution in [0.3, 0.4) is 0 Å². The zero-order valence-corrected chi connectivity index (χ0v) is 13.1. The molecule has 0 spiro atoms. The number of hydrogen-bond acceptors (Lipinski definition) is 1. The summed E-state index contributed by atoms with van der Waals surface area (Å²) in [6.45, 7) is 1.93. The van der Waals surface area contributed by atoms with Crippen LogP contribution in [0.1, 0.15) is 68.9 Å². The summed E-state index contributed by atoms with van der Waals surface area (Å²) in [6, 6.07) is 4.90. The van der Waals surface area contributed by atoms with Gasteiger partial charge in [-0.15, -0.1) is 0 Å². The normalized spacial score (nSPS) is 31.3. The smallest absolute Gasteiger partial charge is 0.123 e. The van der Waals surface area contributed by atoms with Gasteiger partial charge in [0.2, 0.25) is 0 Å². The quantitative estimate of drug-likeness (QED) is 0.804. The van der Waals surface area contributed by atoms with Crippen molar-refractivity contribution in [1.82, 2.24) is 0 Å². The molecule has 0 saturated heterocycles. The third kappa shape index (κ3) is 2.88. The minimum Gasteiger partial charge on any atom is -0.385 e. The predicted molar refractivity (Wildman–Crippen MR) is 83.6 cm³/mol. The van der Waals surface area contributed by atoms with Crippen molar-refractivity contribution in [2.75, 3.05) is 0 Å². The highest BCUT2D eigenvalue weighted by Crippen LogP contribution is 2.49. The van der Waals surface area contributed by atoms with Gasteiger partial charge in [0, 0.05) is 0 Å². The van der Waals surface area contributed by atoms with Crippen LogP contribution in [-0.4, -0.2) is 5.11 Å². The third-order valence-corrected chi connectivity index (χ3v) is 5.81. The van der Waals surface area contributed by atoms with E-state index in [1.54, 1.807) is 6.07 Å². The van der Waals surface area contributed by atoms with Crippen LogP contribution >= 0.6 is 0 Å². The second kappa shape index (κ2) is 6.08. The number of hydrogen-bond donors (Lipinski definition) is 1. The Labute approximate surface area is 127 Å². The molecule has 2 heteroatoms. The molecule has 21 heavy (non-hydrogen) atoms. The van der Waals surface area contributed by atoms with Gasteiger partial charge in [-0.1, -0.05) is 51.0 Å². The monoisotopic (exact) mass is 290 g/mol. The van der Waals surface area contributed by atoms with E-state index in [2.05, 4.69) is 0 Å². The summed E-state index contributed by atoms with van der Waals surface area (Å²) in [5.74, 6) is 0.800. The number of halogens is 1. The van der Waals surface area contributed by atoms with E-state index in [9.17, 15) is 9.50 Å². The molecule has 0 radical (unpaired) electrons. The lowest BCUT2D eigenvalue weighted by atomic mass is 9.63. The lowest BCUT2D eigenvalue weighted by Gasteiger charge is -2.46. The summed E-state index contributed by atoms with van der Waals surface area (Å²) in [7, 11) is 0. The van der Waals surface area contributed by atoms with Crippen LogP contribution in [0.2, 0.25) is 0 Å². The van der Waals surface area contributed by atoms with Gasteiger partial charge in [0.1, 0.15) is 5.82 Å². The molecule has 0 heterocycles. The zero-order chi connectivity index (χ0) is 14.9. The number of rotatable bonds is 2. The van der Waals surface area contributed by atoms with Crippen molar-refractivity contribution in [3.8, 4) is 0 Å². The van der Waals surface area contributed by atoms with E-state index in [0.717, 1.165) is 30.4 Å². The zero-order valence-electron chi connectivity index (χ0n) is 13.1. The highest BCUT2D eigenvalue weighted by Gasteiger charge is 2.44. The molecule has 3 rings (SSSR count). The van der Waals surface area contributed by atoms with Crippen LogP contribution in [0, 0.1) is 24.6 Å². The molecular weight excluding hydrogens is 263 g/mol. The fourth-order valence-corrected chi connectivity index (χ4v) is 4.79. The molecule has 1 aromatic carbocycles. The maximum Gasteiger partial charge on any atom is 0.123 e. The molecule has 2 saturated carbocycles. The average molecular weight is 290 g/mol. The molecule has 1 N–H and O–H groups in total. The van der Waals surface area contributed by atoms with Crippen LogP contribution in [0.25, 0.3) is 0 Å². The van der Waals surface area contributed by atoms with Gasteiger partial charge in [0.05, 0.1) is 5.60 Å². The summed E-state index contributed by atoms with van der Waals surface area (Å²) in [5, 5.41) is 11.5. The number of benzene rings is 1. The van der Waals surface area contributed by atoms with Crippen molar-refractivity contribution in [2.24, 2.45) is 11.8 Å². The van der Waals surface area contributed by atoms with Gasteiger partial charge in [-0.3, -0.25) is 0 Å². The largest absolute Gasteiger partial charge is 0.385 e. The van der Waals surface area contributed by atoms with E-state index in [1.807, 2.05) is 13.0 Å². The van der Waals surface area contributed by atoms with Crippen molar-refractivity contribution >= 4 is 0 Å². The lowest BCUT2D eigenvalue weighted by molar-refractivity contribution is -0.0839. The van der Waals surface area contributed by atoms with Gasteiger partial charge in [0.15, 0.2) is 0 Å². The Morgan fingerprint density at radius 3 is 2.48 bits per heavy atom. The fourth-order valence-electron chi connectivity index (χ4n) is 4.79. The highest BCUT2D eigenvalue weighted by molar-refractivity contribution is 5.33. The Morgan fingerprint density at radius 1 is 1.05 bits per heavy atom. The molecule has 2 aliphatic carbocycles. The topological polar surface area (TPSA) is 20.2 Å². The molecule has 2 unspecified atom stereocenters. The molecule has 1 nitrogen and oxygen atoms in total. The molecule has 116 valence electrons. The van der Waals surface area contributed by atoms with Gasteiger partial charge in [0.25, 0.3) is 0 Å². The fraction of sp³-hybridized carbons (Fsp3) is 0.684. The molecule has 2 fully saturated rings. The SMILES string of the molecule is Cc1cc(F)ccc1C1(O)CCCCC1C1CCCCC1. The van der Waals surface area contributed by atoms with E-state index in [4.69, 9.17) is 0 Å². The summed E-state index contributed by atoms with van der Waals surface area (Å²) in [4.78, 5) is 0. The molecule has 1 aromatic rings.